The summed E-state index contributed by atoms with van der Waals surface area (Å²) in [5, 5.41) is -0.0158. The third kappa shape index (κ3) is 2.40. The Morgan fingerprint density at radius 1 is 1.21 bits per heavy atom. The van der Waals surface area contributed by atoms with Crippen molar-refractivity contribution in [3.63, 3.8) is 0 Å². The molecule has 1 unspecified atom stereocenters. The number of amides is 1. The van der Waals surface area contributed by atoms with Gasteiger partial charge in [0, 0.05) is 10.7 Å². The molecule has 0 aliphatic carbocycles. The molecule has 1 fully saturated rings. The molecule has 1 aliphatic heterocycles. The van der Waals surface area contributed by atoms with Gasteiger partial charge in [-0.05, 0) is 23.8 Å². The van der Waals surface area contributed by atoms with E-state index in [0.717, 1.165) is 10.0 Å². The van der Waals surface area contributed by atoms with Crippen molar-refractivity contribution in [1.82, 2.24) is 4.98 Å². The van der Waals surface area contributed by atoms with E-state index in [1.165, 1.54) is 0 Å². The van der Waals surface area contributed by atoms with E-state index >= 15 is 0 Å². The Bertz CT molecular complexity index is 605. The third-order valence-electron chi connectivity index (χ3n) is 2.94. The normalized spacial score (nSPS) is 18.9. The lowest BCUT2D eigenvalue weighted by Gasteiger charge is -2.23. The van der Waals surface area contributed by atoms with Gasteiger partial charge in [-0.25, -0.2) is 4.98 Å². The van der Waals surface area contributed by atoms with E-state index < -0.39 is 0 Å². The van der Waals surface area contributed by atoms with Gasteiger partial charge < -0.3 is 0 Å². The van der Waals surface area contributed by atoms with Crippen LogP contribution in [0.4, 0.5) is 5.82 Å². The number of carbonyl (C=O) groups excluding carboxylic acids is 1. The van der Waals surface area contributed by atoms with E-state index in [1.807, 2.05) is 42.5 Å². The largest absolute Gasteiger partial charge is 0.279 e. The smallest absolute Gasteiger partial charge is 0.239 e. The van der Waals surface area contributed by atoms with E-state index in [4.69, 9.17) is 0 Å². The molecule has 2 heterocycles. The van der Waals surface area contributed by atoms with Crippen molar-refractivity contribution in [2.45, 2.75) is 5.37 Å². The van der Waals surface area contributed by atoms with Crippen molar-refractivity contribution in [2.24, 2.45) is 0 Å². The molecule has 5 heteroatoms. The zero-order valence-electron chi connectivity index (χ0n) is 9.99. The highest BCUT2D eigenvalue weighted by atomic mass is 79.9. The summed E-state index contributed by atoms with van der Waals surface area (Å²) in [6.45, 7) is 0. The lowest BCUT2D eigenvalue weighted by atomic mass is 10.2. The van der Waals surface area contributed by atoms with E-state index in [0.29, 0.717) is 11.6 Å². The molecule has 19 heavy (non-hydrogen) atoms. The van der Waals surface area contributed by atoms with Crippen LogP contribution in [0.15, 0.2) is 53.1 Å². The minimum absolute atomic E-state index is 0.0158. The average Bonchev–Trinajstić information content (AvgIpc) is 2.82. The third-order valence-corrected chi connectivity index (χ3v) is 4.85. The summed E-state index contributed by atoms with van der Waals surface area (Å²) < 4.78 is 1.02. The maximum atomic E-state index is 12.1. The number of hydrogen-bond donors (Lipinski definition) is 0. The molecular formula is C14H11BrN2OS. The second-order valence-electron chi connectivity index (χ2n) is 4.14. The second kappa shape index (κ2) is 5.35. The van der Waals surface area contributed by atoms with Crippen LogP contribution in [0.5, 0.6) is 0 Å². The van der Waals surface area contributed by atoms with Crippen LogP contribution in [0.2, 0.25) is 0 Å². The molecule has 1 aliphatic rings. The first kappa shape index (κ1) is 12.7. The number of aromatic nitrogens is 1. The van der Waals surface area contributed by atoms with E-state index in [9.17, 15) is 4.79 Å². The van der Waals surface area contributed by atoms with Crippen molar-refractivity contribution in [3.05, 3.63) is 58.7 Å². The Morgan fingerprint density at radius 3 is 2.74 bits per heavy atom. The quantitative estimate of drug-likeness (QED) is 0.840. The number of pyridine rings is 1. The summed E-state index contributed by atoms with van der Waals surface area (Å²) in [4.78, 5) is 18.2. The molecular weight excluding hydrogens is 324 g/mol. The van der Waals surface area contributed by atoms with Gasteiger partial charge in [-0.3, -0.25) is 9.69 Å². The number of hydrogen-bond acceptors (Lipinski definition) is 3. The molecule has 1 atom stereocenters. The van der Waals surface area contributed by atoms with Gasteiger partial charge in [-0.2, -0.15) is 0 Å². The van der Waals surface area contributed by atoms with Gasteiger partial charge in [0.2, 0.25) is 5.91 Å². The SMILES string of the molecule is O=C1CSC(c2ccccc2Br)N1c1ccccn1. The van der Waals surface area contributed by atoms with Crippen molar-refractivity contribution in [1.29, 1.82) is 0 Å². The molecule has 3 nitrogen and oxygen atoms in total. The molecule has 1 saturated heterocycles. The number of thioether (sulfide) groups is 1. The molecule has 96 valence electrons. The minimum atomic E-state index is -0.0158. The monoisotopic (exact) mass is 334 g/mol. The molecule has 3 rings (SSSR count). The summed E-state index contributed by atoms with van der Waals surface area (Å²) in [5.74, 6) is 1.30. The summed E-state index contributed by atoms with van der Waals surface area (Å²) in [5.41, 5.74) is 1.10. The van der Waals surface area contributed by atoms with Crippen LogP contribution in [0, 0.1) is 0 Å². The lowest BCUT2D eigenvalue weighted by Crippen LogP contribution is -2.28. The van der Waals surface area contributed by atoms with Crippen molar-refractivity contribution in [3.8, 4) is 0 Å². The summed E-state index contributed by atoms with van der Waals surface area (Å²) in [7, 11) is 0. The van der Waals surface area contributed by atoms with Crippen LogP contribution in [-0.2, 0) is 4.79 Å². The zero-order chi connectivity index (χ0) is 13.2. The van der Waals surface area contributed by atoms with Gasteiger partial charge in [-0.1, -0.05) is 40.2 Å². The maximum absolute atomic E-state index is 12.1. The standard InChI is InChI=1S/C14H11BrN2OS/c15-11-6-2-1-5-10(11)14-17(13(18)9-19-14)12-7-3-4-8-16-12/h1-8,14H,9H2. The first-order valence-corrected chi connectivity index (χ1v) is 7.70. The van der Waals surface area contributed by atoms with Crippen LogP contribution in [0.3, 0.4) is 0 Å². The van der Waals surface area contributed by atoms with E-state index in [1.54, 1.807) is 22.9 Å². The Morgan fingerprint density at radius 2 is 2.00 bits per heavy atom. The van der Waals surface area contributed by atoms with Gasteiger partial charge in [0.15, 0.2) is 0 Å². The Hall–Kier alpha value is -1.33. The minimum Gasteiger partial charge on any atom is -0.279 e. The Labute approximate surface area is 124 Å². The molecule has 0 N–H and O–H groups in total. The Kier molecular flexibility index (Phi) is 3.57. The highest BCUT2D eigenvalue weighted by molar-refractivity contribution is 9.10. The van der Waals surface area contributed by atoms with Crippen molar-refractivity contribution >= 4 is 39.4 Å². The number of carbonyl (C=O) groups is 1. The molecule has 0 saturated carbocycles. The van der Waals surface area contributed by atoms with Gasteiger partial charge in [-0.15, -0.1) is 11.8 Å². The van der Waals surface area contributed by atoms with Gasteiger partial charge in [0.1, 0.15) is 11.2 Å². The fourth-order valence-electron chi connectivity index (χ4n) is 2.07. The summed E-state index contributed by atoms with van der Waals surface area (Å²) in [6, 6.07) is 13.6. The number of benzene rings is 1. The van der Waals surface area contributed by atoms with E-state index in [2.05, 4.69) is 20.9 Å². The number of anilines is 1. The van der Waals surface area contributed by atoms with Gasteiger partial charge >= 0.3 is 0 Å². The number of halogens is 1. The second-order valence-corrected chi connectivity index (χ2v) is 6.06. The van der Waals surface area contributed by atoms with Crippen molar-refractivity contribution in [2.75, 3.05) is 10.7 Å². The molecule has 0 radical (unpaired) electrons. The maximum Gasteiger partial charge on any atom is 0.239 e. The molecule has 2 aromatic rings. The number of rotatable bonds is 2. The molecule has 1 amide bonds. The highest BCUT2D eigenvalue weighted by Crippen LogP contribution is 2.43. The predicted molar refractivity (Wildman–Crippen MR) is 81.1 cm³/mol. The molecule has 0 bridgehead atoms. The first-order valence-electron chi connectivity index (χ1n) is 5.86. The van der Waals surface area contributed by atoms with Crippen LogP contribution in [0.25, 0.3) is 0 Å². The van der Waals surface area contributed by atoms with Gasteiger partial charge in [0.25, 0.3) is 0 Å². The van der Waals surface area contributed by atoms with E-state index in [-0.39, 0.29) is 11.3 Å². The molecule has 0 spiro atoms. The molecule has 1 aromatic heterocycles. The van der Waals surface area contributed by atoms with Crippen LogP contribution in [-0.4, -0.2) is 16.6 Å². The van der Waals surface area contributed by atoms with Crippen LogP contribution in [0.1, 0.15) is 10.9 Å². The molecule has 1 aromatic carbocycles. The number of nitrogens with zero attached hydrogens (tertiary/aromatic N) is 2. The summed E-state index contributed by atoms with van der Waals surface area (Å²) >= 11 is 5.18. The lowest BCUT2D eigenvalue weighted by molar-refractivity contribution is -0.115. The average molecular weight is 335 g/mol. The van der Waals surface area contributed by atoms with Gasteiger partial charge in [0.05, 0.1) is 5.75 Å². The topological polar surface area (TPSA) is 33.2 Å². The van der Waals surface area contributed by atoms with Crippen LogP contribution >= 0.6 is 27.7 Å². The fourth-order valence-corrected chi connectivity index (χ4v) is 3.93. The highest BCUT2D eigenvalue weighted by Gasteiger charge is 2.35. The van der Waals surface area contributed by atoms with Crippen molar-refractivity contribution < 1.29 is 4.79 Å². The first-order chi connectivity index (χ1) is 9.27. The zero-order valence-corrected chi connectivity index (χ0v) is 12.4. The van der Waals surface area contributed by atoms with Crippen LogP contribution < -0.4 is 4.90 Å². The summed E-state index contributed by atoms with van der Waals surface area (Å²) in [6.07, 6.45) is 1.71. The predicted octanol–water partition coefficient (Wildman–Crippen LogP) is 3.62. The fraction of sp³-hybridized carbons (Fsp3) is 0.143. The Balaban J connectivity index is 2.02.